The molecule has 2 N–H and O–H groups in total. The van der Waals surface area contributed by atoms with Gasteiger partial charge in [0.05, 0.1) is 22.4 Å². The molecule has 7 nitrogen and oxygen atoms in total. The number of hydrogen-bond donors (Lipinski definition) is 2. The van der Waals surface area contributed by atoms with Gasteiger partial charge in [0, 0.05) is 17.1 Å². The van der Waals surface area contributed by atoms with Gasteiger partial charge in [0.2, 0.25) is 0 Å². The van der Waals surface area contributed by atoms with Crippen molar-refractivity contribution in [2.75, 3.05) is 11.1 Å². The fourth-order valence-corrected chi connectivity index (χ4v) is 3.75. The first kappa shape index (κ1) is 20.2. The summed E-state index contributed by atoms with van der Waals surface area (Å²) < 4.78 is 39.0. The Kier molecular flexibility index (Phi) is 5.14. The van der Waals surface area contributed by atoms with Gasteiger partial charge in [-0.2, -0.15) is 13.2 Å². The lowest BCUT2D eigenvalue weighted by atomic mass is 10.2. The maximum atomic E-state index is 12.7. The number of fused-ring (bicyclic) bond motifs is 1. The largest absolute Gasteiger partial charge is 0.398 e. The maximum absolute atomic E-state index is 12.7. The van der Waals surface area contributed by atoms with Crippen LogP contribution in [-0.4, -0.2) is 32.4 Å². The Morgan fingerprint density at radius 1 is 1.27 bits per heavy atom. The van der Waals surface area contributed by atoms with Gasteiger partial charge in [-0.3, -0.25) is 19.1 Å². The number of alkyl halides is 3. The Morgan fingerprint density at radius 2 is 2.00 bits per heavy atom. The number of nitrogens with one attached hydrogen (secondary N) is 2. The molecule has 2 aromatic heterocycles. The summed E-state index contributed by atoms with van der Waals surface area (Å²) in [5.74, 6) is -1.72. The standard InChI is InChI=1S/C19H15F3N4O3S/c20-19(21,22)9-30-14-4-2-1-3-13(14)24-16(27)10-7-12-15(23-8-10)26(11-5-6-11)18(29)25-17(12)28/h1-4,7-8,11H,5-6,9H2,(H,24,27)(H,25,28,29). The number of hydrogen-bond acceptors (Lipinski definition) is 5. The molecule has 3 aromatic rings. The zero-order chi connectivity index (χ0) is 21.5. The summed E-state index contributed by atoms with van der Waals surface area (Å²) in [6.07, 6.45) is -1.50. The van der Waals surface area contributed by atoms with Crippen LogP contribution in [0, 0.1) is 0 Å². The molecule has 1 aliphatic carbocycles. The van der Waals surface area contributed by atoms with Gasteiger partial charge in [0.15, 0.2) is 0 Å². The van der Waals surface area contributed by atoms with Crippen LogP contribution >= 0.6 is 11.8 Å². The molecule has 0 radical (unpaired) electrons. The summed E-state index contributed by atoms with van der Waals surface area (Å²) in [6, 6.07) is 7.42. The molecule has 0 saturated heterocycles. The third-order valence-electron chi connectivity index (χ3n) is 4.48. The number of H-pyrrole nitrogens is 1. The van der Waals surface area contributed by atoms with Crippen molar-refractivity contribution >= 4 is 34.4 Å². The smallest absolute Gasteiger partial charge is 0.321 e. The van der Waals surface area contributed by atoms with Crippen molar-refractivity contribution < 1.29 is 18.0 Å². The molecule has 2 heterocycles. The second-order valence-corrected chi connectivity index (χ2v) is 7.83. The Balaban J connectivity index is 1.63. The molecule has 1 aliphatic rings. The predicted octanol–water partition coefficient (Wildman–Crippen LogP) is 3.33. The molecule has 30 heavy (non-hydrogen) atoms. The molecule has 0 atom stereocenters. The summed E-state index contributed by atoms with van der Waals surface area (Å²) in [7, 11) is 0. The van der Waals surface area contributed by atoms with Crippen LogP contribution in [0.1, 0.15) is 29.2 Å². The minimum absolute atomic E-state index is 0.0263. The normalized spacial score (nSPS) is 14.1. The van der Waals surface area contributed by atoms with Gasteiger partial charge in [0.25, 0.3) is 11.5 Å². The van der Waals surface area contributed by atoms with Crippen LogP contribution in [-0.2, 0) is 0 Å². The number of anilines is 1. The number of rotatable bonds is 5. The summed E-state index contributed by atoms with van der Waals surface area (Å²) >= 11 is 0.561. The third kappa shape index (κ3) is 4.25. The van der Waals surface area contributed by atoms with Crippen LogP contribution in [0.25, 0.3) is 11.0 Å². The molecular weight excluding hydrogens is 421 g/mol. The molecule has 0 unspecified atom stereocenters. The van der Waals surface area contributed by atoms with E-state index in [-0.39, 0.29) is 33.2 Å². The molecule has 4 rings (SSSR count). The number of benzene rings is 1. The second-order valence-electron chi connectivity index (χ2n) is 6.81. The lowest BCUT2D eigenvalue weighted by Gasteiger charge is -2.12. The second kappa shape index (κ2) is 7.63. The van der Waals surface area contributed by atoms with Gasteiger partial charge < -0.3 is 5.32 Å². The molecule has 0 aliphatic heterocycles. The Labute approximate surface area is 171 Å². The minimum Gasteiger partial charge on any atom is -0.321 e. The number of carbonyl (C=O) groups is 1. The van der Waals surface area contributed by atoms with E-state index >= 15 is 0 Å². The summed E-state index contributed by atoms with van der Waals surface area (Å²) in [6.45, 7) is 0. The highest BCUT2D eigenvalue weighted by Gasteiger charge is 2.29. The van der Waals surface area contributed by atoms with Crippen molar-refractivity contribution in [2.24, 2.45) is 0 Å². The number of para-hydroxylation sites is 1. The van der Waals surface area contributed by atoms with Crippen molar-refractivity contribution in [1.82, 2.24) is 14.5 Å². The quantitative estimate of drug-likeness (QED) is 0.598. The number of thioether (sulfide) groups is 1. The van der Waals surface area contributed by atoms with E-state index in [1.807, 2.05) is 0 Å². The number of aromatic nitrogens is 3. The summed E-state index contributed by atoms with van der Waals surface area (Å²) in [4.78, 5) is 43.6. The summed E-state index contributed by atoms with van der Waals surface area (Å²) in [5, 5.41) is 2.65. The summed E-state index contributed by atoms with van der Waals surface area (Å²) in [5.41, 5.74) is -0.743. The Hall–Kier alpha value is -3.08. The van der Waals surface area contributed by atoms with E-state index in [4.69, 9.17) is 0 Å². The number of aromatic amines is 1. The van der Waals surface area contributed by atoms with Gasteiger partial charge in [0.1, 0.15) is 5.65 Å². The number of amides is 1. The van der Waals surface area contributed by atoms with E-state index < -0.39 is 29.1 Å². The Bertz CT molecular complexity index is 1250. The fourth-order valence-electron chi connectivity index (χ4n) is 2.98. The van der Waals surface area contributed by atoms with Crippen LogP contribution < -0.4 is 16.6 Å². The van der Waals surface area contributed by atoms with E-state index in [0.29, 0.717) is 11.8 Å². The molecular formula is C19H15F3N4O3S. The maximum Gasteiger partial charge on any atom is 0.398 e. The highest BCUT2D eigenvalue weighted by atomic mass is 32.2. The number of pyridine rings is 1. The molecule has 1 amide bonds. The van der Waals surface area contributed by atoms with E-state index in [1.54, 1.807) is 12.1 Å². The minimum atomic E-state index is -4.34. The zero-order valence-electron chi connectivity index (χ0n) is 15.3. The van der Waals surface area contributed by atoms with Gasteiger partial charge >= 0.3 is 11.9 Å². The molecule has 1 fully saturated rings. The van der Waals surface area contributed by atoms with Gasteiger partial charge in [-0.05, 0) is 31.0 Å². The van der Waals surface area contributed by atoms with E-state index in [0.717, 1.165) is 12.8 Å². The van der Waals surface area contributed by atoms with Crippen molar-refractivity contribution in [1.29, 1.82) is 0 Å². The fraction of sp³-hybridized carbons (Fsp3) is 0.263. The molecule has 156 valence electrons. The average Bonchev–Trinajstić information content (AvgIpc) is 3.51. The average molecular weight is 436 g/mol. The van der Waals surface area contributed by atoms with Crippen LogP contribution in [0.2, 0.25) is 0 Å². The molecule has 11 heteroatoms. The monoisotopic (exact) mass is 436 g/mol. The number of halogens is 3. The highest BCUT2D eigenvalue weighted by Crippen LogP contribution is 2.35. The highest BCUT2D eigenvalue weighted by molar-refractivity contribution is 7.99. The predicted molar refractivity (Wildman–Crippen MR) is 106 cm³/mol. The SMILES string of the molecule is O=C(Nc1ccccc1SCC(F)(F)F)c1cnc2c(c1)c(=O)[nH]c(=O)n2C1CC1. The van der Waals surface area contributed by atoms with Crippen molar-refractivity contribution in [3.8, 4) is 0 Å². The molecule has 0 spiro atoms. The molecule has 1 saturated carbocycles. The first-order valence-corrected chi connectivity index (χ1v) is 9.96. The van der Waals surface area contributed by atoms with Crippen LogP contribution in [0.5, 0.6) is 0 Å². The topological polar surface area (TPSA) is 96.8 Å². The van der Waals surface area contributed by atoms with Gasteiger partial charge in [-0.1, -0.05) is 12.1 Å². The third-order valence-corrected chi connectivity index (χ3v) is 5.62. The van der Waals surface area contributed by atoms with E-state index in [9.17, 15) is 27.6 Å². The van der Waals surface area contributed by atoms with E-state index in [1.165, 1.54) is 29.0 Å². The van der Waals surface area contributed by atoms with Crippen LogP contribution in [0.3, 0.4) is 0 Å². The lowest BCUT2D eigenvalue weighted by molar-refractivity contribution is -0.105. The lowest BCUT2D eigenvalue weighted by Crippen LogP contribution is -2.30. The molecule has 1 aromatic carbocycles. The first-order chi connectivity index (χ1) is 14.2. The van der Waals surface area contributed by atoms with Crippen molar-refractivity contribution in [3.05, 3.63) is 62.9 Å². The van der Waals surface area contributed by atoms with Crippen LogP contribution in [0.4, 0.5) is 18.9 Å². The van der Waals surface area contributed by atoms with Gasteiger partial charge in [-0.25, -0.2) is 9.78 Å². The van der Waals surface area contributed by atoms with Gasteiger partial charge in [-0.15, -0.1) is 11.8 Å². The van der Waals surface area contributed by atoms with E-state index in [2.05, 4.69) is 15.3 Å². The number of nitrogens with zero attached hydrogens (tertiary/aromatic N) is 2. The van der Waals surface area contributed by atoms with Crippen LogP contribution in [0.15, 0.2) is 51.0 Å². The van der Waals surface area contributed by atoms with Crippen molar-refractivity contribution in [2.45, 2.75) is 30.0 Å². The first-order valence-electron chi connectivity index (χ1n) is 8.97. The van der Waals surface area contributed by atoms with Crippen molar-refractivity contribution in [3.63, 3.8) is 0 Å². The zero-order valence-corrected chi connectivity index (χ0v) is 16.1. The Morgan fingerprint density at radius 3 is 2.70 bits per heavy atom. The number of carbonyl (C=O) groups excluding carboxylic acids is 1. The molecule has 0 bridgehead atoms.